The maximum absolute atomic E-state index is 12.8. The summed E-state index contributed by atoms with van der Waals surface area (Å²) in [7, 11) is 1.57. The highest BCUT2D eigenvalue weighted by Crippen LogP contribution is 2.37. The predicted molar refractivity (Wildman–Crippen MR) is 108 cm³/mol. The average Bonchev–Trinajstić information content (AvgIpc) is 2.94. The van der Waals surface area contributed by atoms with E-state index in [-0.39, 0.29) is 5.91 Å². The Kier molecular flexibility index (Phi) is 5.78. The van der Waals surface area contributed by atoms with E-state index in [0.29, 0.717) is 32.0 Å². The van der Waals surface area contributed by atoms with Crippen molar-refractivity contribution in [3.63, 3.8) is 0 Å². The first-order chi connectivity index (χ1) is 13.0. The highest BCUT2D eigenvalue weighted by Gasteiger charge is 2.33. The summed E-state index contributed by atoms with van der Waals surface area (Å²) in [5, 5.41) is 8.79. The summed E-state index contributed by atoms with van der Waals surface area (Å²) in [6.07, 6.45) is 1.65. The van der Waals surface area contributed by atoms with E-state index in [1.807, 2.05) is 0 Å². The number of carbonyl (C=O) groups is 2. The number of ether oxygens (including phenoxy) is 2. The first kappa shape index (κ1) is 18.9. The molecule has 1 amide bonds. The van der Waals surface area contributed by atoms with Gasteiger partial charge in [-0.15, -0.1) is 0 Å². The Bertz CT molecular complexity index is 924. The van der Waals surface area contributed by atoms with E-state index in [0.717, 1.165) is 0 Å². The standard InChI is InChI=1S/C19H15NO5S2/c1-24-14-8-6-13(7-9-14)20-18(23)16(27-19(20)26)10-12-4-2-3-5-15(12)25-11-17(21)22/h2-10H,11H2,1H3,(H,21,22). The Morgan fingerprint density at radius 1 is 1.22 bits per heavy atom. The molecule has 0 atom stereocenters. The summed E-state index contributed by atoms with van der Waals surface area (Å²) in [5.74, 6) is -0.252. The average molecular weight is 401 g/mol. The molecule has 1 aliphatic heterocycles. The molecule has 1 fully saturated rings. The van der Waals surface area contributed by atoms with E-state index in [9.17, 15) is 9.59 Å². The number of nitrogens with zero attached hydrogens (tertiary/aromatic N) is 1. The van der Waals surface area contributed by atoms with Crippen molar-refractivity contribution in [2.24, 2.45) is 0 Å². The van der Waals surface area contributed by atoms with Crippen LogP contribution in [0, 0.1) is 0 Å². The van der Waals surface area contributed by atoms with Crippen LogP contribution in [0.3, 0.4) is 0 Å². The molecule has 1 saturated heterocycles. The zero-order chi connectivity index (χ0) is 19.4. The van der Waals surface area contributed by atoms with Gasteiger partial charge in [0.15, 0.2) is 10.9 Å². The molecule has 0 spiro atoms. The van der Waals surface area contributed by atoms with Gasteiger partial charge in [-0.05, 0) is 36.4 Å². The summed E-state index contributed by atoms with van der Waals surface area (Å²) in [6, 6.07) is 13.9. The Hall–Kier alpha value is -2.84. The van der Waals surface area contributed by atoms with Crippen LogP contribution in [0.4, 0.5) is 5.69 Å². The van der Waals surface area contributed by atoms with Crippen LogP contribution in [-0.2, 0) is 9.59 Å². The first-order valence-electron chi connectivity index (χ1n) is 7.85. The maximum atomic E-state index is 12.8. The molecule has 0 saturated carbocycles. The Morgan fingerprint density at radius 3 is 2.59 bits per heavy atom. The van der Waals surface area contributed by atoms with Crippen LogP contribution in [0.1, 0.15) is 5.56 Å². The number of amides is 1. The van der Waals surface area contributed by atoms with Crippen molar-refractivity contribution < 1.29 is 24.2 Å². The molecule has 0 unspecified atom stereocenters. The molecule has 1 heterocycles. The van der Waals surface area contributed by atoms with Gasteiger partial charge in [0, 0.05) is 5.56 Å². The highest BCUT2D eigenvalue weighted by atomic mass is 32.2. The number of hydrogen-bond donors (Lipinski definition) is 1. The van der Waals surface area contributed by atoms with Gasteiger partial charge in [-0.25, -0.2) is 4.79 Å². The lowest BCUT2D eigenvalue weighted by Crippen LogP contribution is -2.27. The van der Waals surface area contributed by atoms with Crippen molar-refractivity contribution in [3.05, 3.63) is 59.0 Å². The first-order valence-corrected chi connectivity index (χ1v) is 9.07. The molecule has 138 valence electrons. The summed E-state index contributed by atoms with van der Waals surface area (Å²) >= 11 is 6.54. The minimum absolute atomic E-state index is 0.247. The number of anilines is 1. The molecular formula is C19H15NO5S2. The predicted octanol–water partition coefficient (Wildman–Crippen LogP) is 3.56. The molecule has 8 heteroatoms. The fraction of sp³-hybridized carbons (Fsp3) is 0.105. The van der Waals surface area contributed by atoms with Crippen LogP contribution in [0.5, 0.6) is 11.5 Å². The highest BCUT2D eigenvalue weighted by molar-refractivity contribution is 8.27. The monoisotopic (exact) mass is 401 g/mol. The molecular weight excluding hydrogens is 386 g/mol. The number of aliphatic carboxylic acids is 1. The van der Waals surface area contributed by atoms with Crippen molar-refractivity contribution in [2.45, 2.75) is 0 Å². The number of hydrogen-bond acceptors (Lipinski definition) is 6. The second-order valence-corrected chi connectivity index (χ2v) is 7.11. The second-order valence-electron chi connectivity index (χ2n) is 5.44. The van der Waals surface area contributed by atoms with Gasteiger partial charge < -0.3 is 14.6 Å². The lowest BCUT2D eigenvalue weighted by atomic mass is 10.2. The quantitative estimate of drug-likeness (QED) is 0.586. The Morgan fingerprint density at radius 2 is 1.93 bits per heavy atom. The number of para-hydroxylation sites is 1. The molecule has 1 N–H and O–H groups in total. The van der Waals surface area contributed by atoms with Crippen molar-refractivity contribution in [1.29, 1.82) is 0 Å². The Balaban J connectivity index is 1.87. The number of methoxy groups -OCH3 is 1. The second kappa shape index (κ2) is 8.24. The minimum Gasteiger partial charge on any atom is -0.497 e. The lowest BCUT2D eigenvalue weighted by Gasteiger charge is -2.14. The van der Waals surface area contributed by atoms with Gasteiger partial charge in [0.1, 0.15) is 11.5 Å². The van der Waals surface area contributed by atoms with Crippen LogP contribution in [-0.4, -0.2) is 35.0 Å². The van der Waals surface area contributed by atoms with Gasteiger partial charge in [-0.2, -0.15) is 0 Å². The van der Waals surface area contributed by atoms with Gasteiger partial charge in [-0.1, -0.05) is 42.2 Å². The van der Waals surface area contributed by atoms with Crippen molar-refractivity contribution >= 4 is 51.9 Å². The van der Waals surface area contributed by atoms with E-state index in [1.165, 1.54) is 16.7 Å². The molecule has 2 aromatic carbocycles. The number of thiocarbonyl (C=S) groups is 1. The third-order valence-corrected chi connectivity index (χ3v) is 4.98. The van der Waals surface area contributed by atoms with Crippen LogP contribution < -0.4 is 14.4 Å². The van der Waals surface area contributed by atoms with E-state index in [2.05, 4.69) is 0 Å². The van der Waals surface area contributed by atoms with E-state index < -0.39 is 12.6 Å². The van der Waals surface area contributed by atoms with E-state index in [1.54, 1.807) is 61.7 Å². The Labute approximate surface area is 165 Å². The normalized spacial score (nSPS) is 15.3. The van der Waals surface area contributed by atoms with Crippen LogP contribution >= 0.6 is 24.0 Å². The molecule has 6 nitrogen and oxygen atoms in total. The minimum atomic E-state index is -1.07. The molecule has 2 aromatic rings. The SMILES string of the molecule is COc1ccc(N2C(=O)C(=Cc3ccccc3OCC(=O)O)SC2=S)cc1. The lowest BCUT2D eigenvalue weighted by molar-refractivity contribution is -0.139. The van der Waals surface area contributed by atoms with Crippen molar-refractivity contribution in [2.75, 3.05) is 18.6 Å². The fourth-order valence-electron chi connectivity index (χ4n) is 2.43. The van der Waals surface area contributed by atoms with Gasteiger partial charge in [0.05, 0.1) is 17.7 Å². The van der Waals surface area contributed by atoms with Gasteiger partial charge in [0.25, 0.3) is 5.91 Å². The van der Waals surface area contributed by atoms with Crippen LogP contribution in [0.25, 0.3) is 6.08 Å². The third-order valence-electron chi connectivity index (χ3n) is 3.68. The number of carboxylic acid groups (broad SMARTS) is 1. The molecule has 0 radical (unpaired) electrons. The number of thioether (sulfide) groups is 1. The zero-order valence-electron chi connectivity index (χ0n) is 14.2. The number of rotatable bonds is 6. The summed E-state index contributed by atoms with van der Waals surface area (Å²) in [4.78, 5) is 25.5. The van der Waals surface area contributed by atoms with Gasteiger partial charge >= 0.3 is 5.97 Å². The number of carboxylic acids is 1. The number of carbonyl (C=O) groups excluding carboxylic acids is 1. The molecule has 0 bridgehead atoms. The topological polar surface area (TPSA) is 76.1 Å². The zero-order valence-corrected chi connectivity index (χ0v) is 15.9. The molecule has 1 aliphatic rings. The molecule has 0 aliphatic carbocycles. The van der Waals surface area contributed by atoms with Crippen molar-refractivity contribution in [1.82, 2.24) is 0 Å². The third kappa shape index (κ3) is 4.29. The summed E-state index contributed by atoms with van der Waals surface area (Å²) < 4.78 is 10.8. The smallest absolute Gasteiger partial charge is 0.341 e. The van der Waals surface area contributed by atoms with E-state index in [4.69, 9.17) is 26.8 Å². The number of benzene rings is 2. The van der Waals surface area contributed by atoms with Crippen molar-refractivity contribution in [3.8, 4) is 11.5 Å². The fourth-order valence-corrected chi connectivity index (χ4v) is 3.72. The van der Waals surface area contributed by atoms with Crippen LogP contribution in [0.2, 0.25) is 0 Å². The molecule has 0 aromatic heterocycles. The maximum Gasteiger partial charge on any atom is 0.341 e. The van der Waals surface area contributed by atoms with Gasteiger partial charge in [-0.3, -0.25) is 9.69 Å². The largest absolute Gasteiger partial charge is 0.497 e. The summed E-state index contributed by atoms with van der Waals surface area (Å²) in [6.45, 7) is -0.461. The van der Waals surface area contributed by atoms with Crippen LogP contribution in [0.15, 0.2) is 53.4 Å². The molecule has 3 rings (SSSR count). The molecule has 27 heavy (non-hydrogen) atoms. The summed E-state index contributed by atoms with van der Waals surface area (Å²) in [5.41, 5.74) is 1.26. The van der Waals surface area contributed by atoms with Gasteiger partial charge in [0.2, 0.25) is 0 Å². The van der Waals surface area contributed by atoms with E-state index >= 15 is 0 Å².